The van der Waals surface area contributed by atoms with Crippen LogP contribution in [0.1, 0.15) is 19.4 Å². The molecule has 2 aromatic carbocycles. The number of aromatic amines is 1. The molecule has 29 heavy (non-hydrogen) atoms. The Morgan fingerprint density at radius 3 is 2.41 bits per heavy atom. The fourth-order valence-corrected chi connectivity index (χ4v) is 2.91. The van der Waals surface area contributed by atoms with Crippen LogP contribution in [0.25, 0.3) is 5.69 Å². The van der Waals surface area contributed by atoms with E-state index in [1.54, 1.807) is 36.4 Å². The Morgan fingerprint density at radius 2 is 1.76 bits per heavy atom. The van der Waals surface area contributed by atoms with E-state index in [0.717, 1.165) is 4.57 Å². The first kappa shape index (κ1) is 20.1. The summed E-state index contributed by atoms with van der Waals surface area (Å²) in [6.45, 7) is 2.89. The molecule has 148 valence electrons. The van der Waals surface area contributed by atoms with E-state index in [-0.39, 0.29) is 17.2 Å². The third kappa shape index (κ3) is 4.27. The zero-order valence-corrected chi connectivity index (χ0v) is 16.3. The molecule has 0 spiro atoms. The van der Waals surface area contributed by atoms with Gasteiger partial charge in [0.25, 0.3) is 5.56 Å². The van der Waals surface area contributed by atoms with E-state index in [0.29, 0.717) is 22.1 Å². The number of hydrogen-bond acceptors (Lipinski definition) is 5. The van der Waals surface area contributed by atoms with Crippen molar-refractivity contribution in [1.29, 1.82) is 0 Å². The summed E-state index contributed by atoms with van der Waals surface area (Å²) in [4.78, 5) is 42.6. The zero-order chi connectivity index (χ0) is 21.1. The summed E-state index contributed by atoms with van der Waals surface area (Å²) in [5.41, 5.74) is -0.437. The third-order valence-corrected chi connectivity index (χ3v) is 4.29. The zero-order valence-electron chi connectivity index (χ0n) is 15.6. The van der Waals surface area contributed by atoms with Gasteiger partial charge >= 0.3 is 5.69 Å². The number of carbonyl (C=O) groups is 1. The molecule has 3 rings (SSSR count). The Morgan fingerprint density at radius 1 is 1.10 bits per heavy atom. The minimum Gasteiger partial charge on any atom is -0.493 e. The second-order valence-electron chi connectivity index (χ2n) is 6.17. The van der Waals surface area contributed by atoms with Crippen molar-refractivity contribution in [2.45, 2.75) is 13.8 Å². The van der Waals surface area contributed by atoms with Crippen LogP contribution in [-0.4, -0.2) is 26.3 Å². The number of halogens is 1. The third-order valence-electron chi connectivity index (χ3n) is 4.04. The number of aliphatic imine (C=N–C) groups is 1. The number of para-hydroxylation sites is 2. The Bertz CT molecular complexity index is 1230. The van der Waals surface area contributed by atoms with Gasteiger partial charge in [0.05, 0.1) is 22.8 Å². The van der Waals surface area contributed by atoms with Gasteiger partial charge in [-0.25, -0.2) is 9.36 Å². The van der Waals surface area contributed by atoms with Gasteiger partial charge in [-0.2, -0.15) is 0 Å². The molecule has 0 aliphatic heterocycles. The van der Waals surface area contributed by atoms with Gasteiger partial charge in [0, 0.05) is 11.9 Å². The molecule has 0 saturated heterocycles. The number of benzene rings is 2. The van der Waals surface area contributed by atoms with Crippen molar-refractivity contribution in [3.63, 3.8) is 0 Å². The van der Waals surface area contributed by atoms with Gasteiger partial charge < -0.3 is 10.4 Å². The van der Waals surface area contributed by atoms with Crippen LogP contribution in [0.2, 0.25) is 5.02 Å². The highest BCUT2D eigenvalue weighted by atomic mass is 35.5. The van der Waals surface area contributed by atoms with Gasteiger partial charge in [-0.15, -0.1) is 0 Å². The molecule has 0 atom stereocenters. The molecule has 0 unspecified atom stereocenters. The van der Waals surface area contributed by atoms with E-state index in [9.17, 15) is 19.5 Å². The maximum Gasteiger partial charge on any atom is 0.335 e. The normalized spacial score (nSPS) is 11.3. The van der Waals surface area contributed by atoms with Crippen molar-refractivity contribution in [3.05, 3.63) is 80.0 Å². The summed E-state index contributed by atoms with van der Waals surface area (Å²) in [5, 5.41) is 13.8. The van der Waals surface area contributed by atoms with Crippen LogP contribution >= 0.6 is 11.6 Å². The highest BCUT2D eigenvalue weighted by molar-refractivity contribution is 6.30. The Balaban J connectivity index is 2.17. The maximum atomic E-state index is 12.4. The largest absolute Gasteiger partial charge is 0.493 e. The molecular weight excluding hydrogens is 396 g/mol. The van der Waals surface area contributed by atoms with E-state index in [1.807, 2.05) is 0 Å². The number of hydrogen-bond donors (Lipinski definition) is 3. The van der Waals surface area contributed by atoms with Crippen LogP contribution < -0.4 is 16.6 Å². The number of amides is 1. The molecule has 0 aliphatic carbocycles. The molecular formula is C20H17ClN4O4. The second-order valence-corrected chi connectivity index (χ2v) is 6.60. The van der Waals surface area contributed by atoms with Crippen molar-refractivity contribution in [2.24, 2.45) is 4.99 Å². The smallest absolute Gasteiger partial charge is 0.335 e. The molecule has 1 heterocycles. The standard InChI is InChI=1S/C20H17ClN4O4/c1-11(22-15-5-3-4-6-16(15)23-12(2)26)17-18(27)24-20(29)25(19(17)28)14-9-7-13(21)8-10-14/h3-10,28H,1-2H3,(H,23,26)(H,24,27,29). The van der Waals surface area contributed by atoms with Crippen molar-refractivity contribution in [3.8, 4) is 11.6 Å². The fraction of sp³-hybridized carbons (Fsp3) is 0.100. The minimum atomic E-state index is -0.801. The number of anilines is 1. The Hall–Kier alpha value is -3.65. The summed E-state index contributed by atoms with van der Waals surface area (Å²) in [7, 11) is 0. The summed E-state index contributed by atoms with van der Waals surface area (Å²) in [6, 6.07) is 12.9. The molecule has 9 heteroatoms. The van der Waals surface area contributed by atoms with Gasteiger partial charge in [-0.05, 0) is 43.3 Å². The number of nitrogens with one attached hydrogen (secondary N) is 2. The molecule has 0 aliphatic rings. The molecule has 3 N–H and O–H groups in total. The number of aromatic hydroxyl groups is 1. The SMILES string of the molecule is CC(=O)Nc1ccccc1N=C(C)c1c(O)n(-c2ccc(Cl)cc2)c(=O)[nH]c1=O. The molecule has 0 saturated carbocycles. The van der Waals surface area contributed by atoms with Gasteiger partial charge in [0.15, 0.2) is 0 Å². The predicted molar refractivity (Wildman–Crippen MR) is 112 cm³/mol. The number of nitrogens with zero attached hydrogens (tertiary/aromatic N) is 2. The lowest BCUT2D eigenvalue weighted by Gasteiger charge is -2.12. The summed E-state index contributed by atoms with van der Waals surface area (Å²) >= 11 is 5.87. The lowest BCUT2D eigenvalue weighted by Crippen LogP contribution is -2.32. The van der Waals surface area contributed by atoms with E-state index in [1.165, 1.54) is 26.0 Å². The van der Waals surface area contributed by atoms with Crippen LogP contribution in [-0.2, 0) is 4.79 Å². The lowest BCUT2D eigenvalue weighted by molar-refractivity contribution is -0.114. The molecule has 0 fully saturated rings. The topological polar surface area (TPSA) is 117 Å². The first-order valence-electron chi connectivity index (χ1n) is 8.54. The van der Waals surface area contributed by atoms with Gasteiger partial charge in [-0.1, -0.05) is 23.7 Å². The van der Waals surface area contributed by atoms with Crippen molar-refractivity contribution in [1.82, 2.24) is 9.55 Å². The molecule has 1 aromatic heterocycles. The lowest BCUT2D eigenvalue weighted by atomic mass is 10.2. The number of aromatic nitrogens is 2. The minimum absolute atomic E-state index is 0.157. The van der Waals surface area contributed by atoms with Gasteiger partial charge in [0.1, 0.15) is 5.56 Å². The van der Waals surface area contributed by atoms with Crippen LogP contribution in [0.15, 0.2) is 63.1 Å². The predicted octanol–water partition coefficient (Wildman–Crippen LogP) is 2.98. The van der Waals surface area contributed by atoms with Crippen molar-refractivity contribution in [2.75, 3.05) is 5.32 Å². The van der Waals surface area contributed by atoms with Crippen molar-refractivity contribution >= 4 is 34.6 Å². The first-order valence-corrected chi connectivity index (χ1v) is 8.92. The number of rotatable bonds is 4. The summed E-state index contributed by atoms with van der Waals surface area (Å²) in [6.07, 6.45) is 0. The van der Waals surface area contributed by atoms with Crippen LogP contribution in [0, 0.1) is 0 Å². The van der Waals surface area contributed by atoms with Crippen LogP contribution in [0.4, 0.5) is 11.4 Å². The Labute approximate surface area is 170 Å². The molecule has 1 amide bonds. The van der Waals surface area contributed by atoms with E-state index in [4.69, 9.17) is 11.6 Å². The van der Waals surface area contributed by atoms with E-state index in [2.05, 4.69) is 15.3 Å². The summed E-state index contributed by atoms with van der Waals surface area (Å²) in [5.74, 6) is -0.832. The molecule has 0 radical (unpaired) electrons. The van der Waals surface area contributed by atoms with Crippen LogP contribution in [0.5, 0.6) is 5.88 Å². The number of H-pyrrole nitrogens is 1. The monoisotopic (exact) mass is 412 g/mol. The molecule has 0 bridgehead atoms. The van der Waals surface area contributed by atoms with Gasteiger partial charge in [-0.3, -0.25) is 19.6 Å². The fourth-order valence-electron chi connectivity index (χ4n) is 2.78. The number of carbonyl (C=O) groups excluding carboxylic acids is 1. The van der Waals surface area contributed by atoms with E-state index < -0.39 is 17.1 Å². The molecule has 8 nitrogen and oxygen atoms in total. The highest BCUT2D eigenvalue weighted by Crippen LogP contribution is 2.26. The Kier molecular flexibility index (Phi) is 5.65. The average molecular weight is 413 g/mol. The second kappa shape index (κ2) is 8.15. The molecule has 3 aromatic rings. The summed E-state index contributed by atoms with van der Waals surface area (Å²) < 4.78 is 0.950. The quantitative estimate of drug-likeness (QED) is 0.571. The van der Waals surface area contributed by atoms with E-state index >= 15 is 0 Å². The van der Waals surface area contributed by atoms with Crippen LogP contribution in [0.3, 0.4) is 0 Å². The van der Waals surface area contributed by atoms with Gasteiger partial charge in [0.2, 0.25) is 11.8 Å². The van der Waals surface area contributed by atoms with Crippen molar-refractivity contribution < 1.29 is 9.90 Å². The highest BCUT2D eigenvalue weighted by Gasteiger charge is 2.18. The average Bonchev–Trinajstić information content (AvgIpc) is 2.64. The maximum absolute atomic E-state index is 12.4. The first-order chi connectivity index (χ1) is 13.8.